The zero-order valence-corrected chi connectivity index (χ0v) is 12.4. The molecule has 0 radical (unpaired) electrons. The van der Waals surface area contributed by atoms with Crippen molar-refractivity contribution in [1.29, 1.82) is 0 Å². The fourth-order valence-corrected chi connectivity index (χ4v) is 3.02. The topological polar surface area (TPSA) is 29.5 Å². The molecule has 2 aromatic rings. The van der Waals surface area contributed by atoms with Gasteiger partial charge in [-0.2, -0.15) is 0 Å². The third-order valence-corrected chi connectivity index (χ3v) is 4.11. The quantitative estimate of drug-likeness (QED) is 0.807. The van der Waals surface area contributed by atoms with E-state index in [0.717, 1.165) is 18.5 Å². The van der Waals surface area contributed by atoms with E-state index in [-0.39, 0.29) is 5.97 Å². The summed E-state index contributed by atoms with van der Waals surface area (Å²) >= 11 is 0. The van der Waals surface area contributed by atoms with Gasteiger partial charge in [0.15, 0.2) is 0 Å². The number of rotatable bonds is 3. The predicted molar refractivity (Wildman–Crippen MR) is 83.6 cm³/mol. The van der Waals surface area contributed by atoms with Crippen LogP contribution in [-0.4, -0.2) is 19.1 Å². The van der Waals surface area contributed by atoms with Crippen LogP contribution in [0.2, 0.25) is 0 Å². The summed E-state index contributed by atoms with van der Waals surface area (Å²) < 4.78 is 4.88. The fraction of sp³-hybridized carbons (Fsp3) is 0.278. The van der Waals surface area contributed by atoms with E-state index >= 15 is 0 Å². The molecule has 3 nitrogen and oxygen atoms in total. The van der Waals surface area contributed by atoms with Gasteiger partial charge in [0.1, 0.15) is 0 Å². The first kappa shape index (κ1) is 13.7. The third kappa shape index (κ3) is 2.51. The summed E-state index contributed by atoms with van der Waals surface area (Å²) in [5.41, 5.74) is 4.30. The summed E-state index contributed by atoms with van der Waals surface area (Å²) in [6, 6.07) is 16.6. The van der Waals surface area contributed by atoms with Gasteiger partial charge in [0, 0.05) is 18.3 Å². The number of para-hydroxylation sites is 1. The van der Waals surface area contributed by atoms with Gasteiger partial charge in [-0.05, 0) is 36.6 Å². The van der Waals surface area contributed by atoms with Crippen molar-refractivity contribution < 1.29 is 9.53 Å². The van der Waals surface area contributed by atoms with Crippen molar-refractivity contribution in [2.75, 3.05) is 12.0 Å². The first-order valence-electron chi connectivity index (χ1n) is 7.21. The second-order valence-electron chi connectivity index (χ2n) is 5.46. The molecule has 0 aliphatic carbocycles. The molecular formula is C18H19NO2. The number of nitrogens with zero attached hydrogens (tertiary/aromatic N) is 1. The highest BCUT2D eigenvalue weighted by Crippen LogP contribution is 2.33. The minimum absolute atomic E-state index is 0.272. The number of carbonyl (C=O) groups excluding carboxylic acids is 1. The summed E-state index contributed by atoms with van der Waals surface area (Å²) in [5.74, 6) is -0.272. The average molecular weight is 281 g/mol. The Bertz CT molecular complexity index is 666. The molecule has 3 rings (SSSR count). The smallest absolute Gasteiger partial charge is 0.338 e. The highest BCUT2D eigenvalue weighted by atomic mass is 16.5. The van der Waals surface area contributed by atoms with E-state index in [9.17, 15) is 4.79 Å². The third-order valence-electron chi connectivity index (χ3n) is 4.11. The van der Waals surface area contributed by atoms with Crippen LogP contribution in [0.4, 0.5) is 5.69 Å². The summed E-state index contributed by atoms with van der Waals surface area (Å²) in [6.07, 6.45) is 1.05. The molecule has 1 aliphatic heterocycles. The van der Waals surface area contributed by atoms with Crippen molar-refractivity contribution in [2.24, 2.45) is 0 Å². The van der Waals surface area contributed by atoms with E-state index in [0.29, 0.717) is 11.6 Å². The van der Waals surface area contributed by atoms with Crippen molar-refractivity contribution in [3.63, 3.8) is 0 Å². The number of hydrogen-bond donors (Lipinski definition) is 0. The molecular weight excluding hydrogens is 262 g/mol. The van der Waals surface area contributed by atoms with Gasteiger partial charge in [-0.1, -0.05) is 36.4 Å². The Morgan fingerprint density at radius 1 is 1.19 bits per heavy atom. The Kier molecular flexibility index (Phi) is 3.65. The molecule has 21 heavy (non-hydrogen) atoms. The molecule has 2 aromatic carbocycles. The standard InChI is InChI=1S/C18H19NO2/c1-13-11-14-7-4-6-10-17(14)19(13)12-15-8-3-5-9-16(15)18(20)21-2/h3-10,13H,11-12H2,1-2H3. The largest absolute Gasteiger partial charge is 0.465 e. The molecule has 1 atom stereocenters. The Morgan fingerprint density at radius 3 is 2.71 bits per heavy atom. The second kappa shape index (κ2) is 5.60. The van der Waals surface area contributed by atoms with E-state index < -0.39 is 0 Å². The molecule has 0 aromatic heterocycles. The molecule has 3 heteroatoms. The monoisotopic (exact) mass is 281 g/mol. The van der Waals surface area contributed by atoms with Gasteiger partial charge in [0.05, 0.1) is 12.7 Å². The SMILES string of the molecule is COC(=O)c1ccccc1CN1c2ccccc2CC1C. The maximum Gasteiger partial charge on any atom is 0.338 e. The molecule has 1 heterocycles. The Hall–Kier alpha value is -2.29. The van der Waals surface area contributed by atoms with Crippen LogP contribution in [0.25, 0.3) is 0 Å². The molecule has 0 amide bonds. The molecule has 1 unspecified atom stereocenters. The maximum absolute atomic E-state index is 11.9. The number of benzene rings is 2. The van der Waals surface area contributed by atoms with E-state index in [2.05, 4.69) is 36.1 Å². The Balaban J connectivity index is 1.93. The van der Waals surface area contributed by atoms with E-state index in [1.807, 2.05) is 24.3 Å². The van der Waals surface area contributed by atoms with Gasteiger partial charge >= 0.3 is 5.97 Å². The fourth-order valence-electron chi connectivity index (χ4n) is 3.02. The van der Waals surface area contributed by atoms with Gasteiger partial charge in [-0.25, -0.2) is 4.79 Å². The lowest BCUT2D eigenvalue weighted by Crippen LogP contribution is -2.29. The lowest BCUT2D eigenvalue weighted by atomic mass is 10.1. The summed E-state index contributed by atoms with van der Waals surface area (Å²) in [6.45, 7) is 2.95. The molecule has 0 spiro atoms. The highest BCUT2D eigenvalue weighted by molar-refractivity contribution is 5.91. The minimum Gasteiger partial charge on any atom is -0.465 e. The first-order valence-corrected chi connectivity index (χ1v) is 7.21. The van der Waals surface area contributed by atoms with Crippen LogP contribution >= 0.6 is 0 Å². The van der Waals surface area contributed by atoms with Crippen LogP contribution in [-0.2, 0) is 17.7 Å². The molecule has 0 bridgehead atoms. The predicted octanol–water partition coefficient (Wildman–Crippen LogP) is 3.42. The van der Waals surface area contributed by atoms with Gasteiger partial charge in [-0.3, -0.25) is 0 Å². The minimum atomic E-state index is -0.272. The van der Waals surface area contributed by atoms with Crippen LogP contribution in [0.3, 0.4) is 0 Å². The molecule has 108 valence electrons. The number of ether oxygens (including phenoxy) is 1. The van der Waals surface area contributed by atoms with E-state index in [4.69, 9.17) is 4.74 Å². The van der Waals surface area contributed by atoms with Crippen LogP contribution in [0, 0.1) is 0 Å². The summed E-state index contributed by atoms with van der Waals surface area (Å²) in [7, 11) is 1.42. The summed E-state index contributed by atoms with van der Waals surface area (Å²) in [4.78, 5) is 14.3. The van der Waals surface area contributed by atoms with Crippen molar-refractivity contribution in [1.82, 2.24) is 0 Å². The van der Waals surface area contributed by atoms with Crippen LogP contribution in [0.15, 0.2) is 48.5 Å². The molecule has 0 saturated heterocycles. The molecule has 0 saturated carbocycles. The second-order valence-corrected chi connectivity index (χ2v) is 5.46. The zero-order valence-electron chi connectivity index (χ0n) is 12.4. The number of hydrogen-bond acceptors (Lipinski definition) is 3. The molecule has 0 N–H and O–H groups in total. The number of carbonyl (C=O) groups is 1. The van der Waals surface area contributed by atoms with E-state index in [1.54, 1.807) is 0 Å². The summed E-state index contributed by atoms with van der Waals surface area (Å²) in [5, 5.41) is 0. The Morgan fingerprint density at radius 2 is 1.90 bits per heavy atom. The van der Waals surface area contributed by atoms with E-state index in [1.165, 1.54) is 18.4 Å². The zero-order chi connectivity index (χ0) is 14.8. The maximum atomic E-state index is 11.9. The van der Waals surface area contributed by atoms with Crippen molar-refractivity contribution in [2.45, 2.75) is 25.9 Å². The van der Waals surface area contributed by atoms with Crippen molar-refractivity contribution >= 4 is 11.7 Å². The average Bonchev–Trinajstić information content (AvgIpc) is 2.83. The van der Waals surface area contributed by atoms with Crippen LogP contribution in [0.5, 0.6) is 0 Å². The lowest BCUT2D eigenvalue weighted by Gasteiger charge is -2.25. The molecule has 0 fully saturated rings. The number of anilines is 1. The number of fused-ring (bicyclic) bond motifs is 1. The Labute approximate surface area is 125 Å². The van der Waals surface area contributed by atoms with Crippen molar-refractivity contribution in [3.05, 3.63) is 65.2 Å². The van der Waals surface area contributed by atoms with Gasteiger partial charge in [0.2, 0.25) is 0 Å². The van der Waals surface area contributed by atoms with Gasteiger partial charge < -0.3 is 9.64 Å². The van der Waals surface area contributed by atoms with Gasteiger partial charge in [-0.15, -0.1) is 0 Å². The van der Waals surface area contributed by atoms with Gasteiger partial charge in [0.25, 0.3) is 0 Å². The first-order chi connectivity index (χ1) is 10.2. The van der Waals surface area contributed by atoms with Crippen molar-refractivity contribution in [3.8, 4) is 0 Å². The van der Waals surface area contributed by atoms with Crippen LogP contribution in [0.1, 0.15) is 28.4 Å². The number of esters is 1. The number of methoxy groups -OCH3 is 1. The molecule has 1 aliphatic rings. The highest BCUT2D eigenvalue weighted by Gasteiger charge is 2.26. The lowest BCUT2D eigenvalue weighted by molar-refractivity contribution is 0.0599. The normalized spacial score (nSPS) is 16.7. The van der Waals surface area contributed by atoms with Crippen LogP contribution < -0.4 is 4.90 Å².